The molecule has 2 atom stereocenters. The Kier molecular flexibility index (Phi) is 12.8. The van der Waals surface area contributed by atoms with Gasteiger partial charge in [0.1, 0.15) is 37.1 Å². The third kappa shape index (κ3) is 9.47. The van der Waals surface area contributed by atoms with Crippen molar-refractivity contribution in [2.45, 2.75) is 51.0 Å². The largest absolute Gasteiger partial charge is 0.503 e. The second-order valence-electron chi connectivity index (χ2n) is 10.4. The molecule has 0 aliphatic carbocycles. The molecule has 0 spiro atoms. The highest BCUT2D eigenvalue weighted by Crippen LogP contribution is 2.41. The summed E-state index contributed by atoms with van der Waals surface area (Å²) in [4.78, 5) is 19.3. The molecule has 1 fully saturated rings. The smallest absolute Gasteiger partial charge is 0.433 e. The second-order valence-corrected chi connectivity index (χ2v) is 11.2. The molecule has 2 aromatic carbocycles. The highest BCUT2D eigenvalue weighted by Gasteiger charge is 2.45. The fraction of sp³-hybridized carbons (Fsp3) is 0.333. The number of methoxy groups -OCH3 is 2. The average Bonchev–Trinajstić information content (AvgIpc) is 3.73. The predicted octanol–water partition coefficient (Wildman–Crippen LogP) is 7.49. The molecule has 4 aromatic rings. The van der Waals surface area contributed by atoms with E-state index in [4.69, 9.17) is 46.9 Å². The molecule has 1 aliphatic heterocycles. The summed E-state index contributed by atoms with van der Waals surface area (Å²) < 4.78 is 67.1. The zero-order valence-corrected chi connectivity index (χ0v) is 27.8. The number of halogens is 5. The molecule has 0 bridgehead atoms. The van der Waals surface area contributed by atoms with Crippen LogP contribution in [0.3, 0.4) is 0 Å². The normalized spacial score (nSPS) is 17.8. The number of hydrogen-bond acceptors (Lipinski definition) is 9. The molecule has 2 aromatic heterocycles. The van der Waals surface area contributed by atoms with Crippen molar-refractivity contribution >= 4 is 34.7 Å². The Morgan fingerprint density at radius 2 is 1.92 bits per heavy atom. The average molecular weight is 710 g/mol. The van der Waals surface area contributed by atoms with Crippen molar-refractivity contribution in [2.75, 3.05) is 20.8 Å². The van der Waals surface area contributed by atoms with Gasteiger partial charge in [0, 0.05) is 16.7 Å². The van der Waals surface area contributed by atoms with E-state index in [1.807, 2.05) is 6.07 Å². The third-order valence-corrected chi connectivity index (χ3v) is 7.53. The number of benzene rings is 2. The zero-order valence-electron chi connectivity index (χ0n) is 26.2. The minimum atomic E-state index is -4.56. The first kappa shape index (κ1) is 36.7. The van der Waals surface area contributed by atoms with Gasteiger partial charge in [-0.3, -0.25) is 0 Å². The van der Waals surface area contributed by atoms with Crippen LogP contribution in [0.4, 0.5) is 13.2 Å². The lowest BCUT2D eigenvalue weighted by Crippen LogP contribution is -2.34. The van der Waals surface area contributed by atoms with Crippen molar-refractivity contribution in [2.24, 2.45) is 0 Å². The van der Waals surface area contributed by atoms with E-state index in [1.54, 1.807) is 47.4 Å². The molecular formula is C33H33Cl2F3N4O6. The topological polar surface area (TPSA) is 107 Å². The first-order valence-corrected chi connectivity index (χ1v) is 15.4. The van der Waals surface area contributed by atoms with Gasteiger partial charge < -0.3 is 23.7 Å². The van der Waals surface area contributed by atoms with Gasteiger partial charge in [-0.15, -0.1) is 0 Å². The maximum absolute atomic E-state index is 12.7. The Morgan fingerprint density at radius 1 is 1.12 bits per heavy atom. The maximum Gasteiger partial charge on any atom is 0.433 e. The van der Waals surface area contributed by atoms with Gasteiger partial charge >= 0.3 is 12.1 Å². The van der Waals surface area contributed by atoms with E-state index >= 15 is 0 Å². The van der Waals surface area contributed by atoms with Crippen molar-refractivity contribution in [3.05, 3.63) is 112 Å². The molecule has 256 valence electrons. The Labute approximate surface area is 285 Å². The van der Waals surface area contributed by atoms with Crippen molar-refractivity contribution in [1.82, 2.24) is 19.7 Å². The molecule has 0 saturated carbocycles. The molecule has 0 radical (unpaired) electrons. The highest BCUT2D eigenvalue weighted by atomic mass is 35.5. The summed E-state index contributed by atoms with van der Waals surface area (Å²) in [6.07, 6.45) is 1.79. The number of aromatic nitrogens is 4. The zero-order chi connectivity index (χ0) is 34.7. The van der Waals surface area contributed by atoms with Gasteiger partial charge in [0.05, 0.1) is 38.2 Å². The highest BCUT2D eigenvalue weighted by molar-refractivity contribution is 6.35. The lowest BCUT2D eigenvalue weighted by Gasteiger charge is -2.29. The molecule has 48 heavy (non-hydrogen) atoms. The number of pyridine rings is 1. The van der Waals surface area contributed by atoms with Crippen LogP contribution < -0.4 is 4.74 Å². The van der Waals surface area contributed by atoms with E-state index in [0.29, 0.717) is 34.3 Å². The molecule has 0 N–H and O–H groups in total. The van der Waals surface area contributed by atoms with Gasteiger partial charge in [0.25, 0.3) is 0 Å². The van der Waals surface area contributed by atoms with E-state index in [-0.39, 0.29) is 24.2 Å². The summed E-state index contributed by atoms with van der Waals surface area (Å²) >= 11 is 12.4. The lowest BCUT2D eigenvalue weighted by atomic mass is 10.0. The monoisotopic (exact) mass is 708 g/mol. The summed E-state index contributed by atoms with van der Waals surface area (Å²) in [6.45, 7) is 2.94. The van der Waals surface area contributed by atoms with E-state index in [0.717, 1.165) is 24.5 Å². The minimum Gasteiger partial charge on any atom is -0.503 e. The van der Waals surface area contributed by atoms with E-state index in [1.165, 1.54) is 38.9 Å². The van der Waals surface area contributed by atoms with Crippen LogP contribution >= 0.6 is 23.2 Å². The summed E-state index contributed by atoms with van der Waals surface area (Å²) in [6, 6.07) is 15.5. The summed E-state index contributed by atoms with van der Waals surface area (Å²) in [5.41, 5.74) is 0.908. The molecule has 3 heterocycles. The quantitative estimate of drug-likeness (QED) is 0.0890. The van der Waals surface area contributed by atoms with Gasteiger partial charge in [0.15, 0.2) is 0 Å². The van der Waals surface area contributed by atoms with Crippen LogP contribution in [0.25, 0.3) is 5.57 Å². The Balaban J connectivity index is 0.000000219. The molecule has 5 rings (SSSR count). The molecular weight excluding hydrogens is 676 g/mol. The second kappa shape index (κ2) is 16.8. The molecule has 10 nitrogen and oxygen atoms in total. The van der Waals surface area contributed by atoms with Gasteiger partial charge in [-0.2, -0.15) is 18.3 Å². The lowest BCUT2D eigenvalue weighted by molar-refractivity contribution is -0.189. The van der Waals surface area contributed by atoms with E-state index in [2.05, 4.69) is 22.0 Å². The first-order chi connectivity index (χ1) is 23.0. The standard InChI is InChI=1S/C18H16F3NO4.C15H17Cl2N3O2/c1-24-11-14(17(23)25-2)13-7-4-3-6-12(13)10-26-16-9-5-8-15(22-16)18(19,20)21;1-2-3-12-7-21-15(22-12,8-20-10-18-9-19-20)13-5-4-11(16)6-14(13)17/h3-9,11H,10H2,1-2H3;4-6,9-10,12H,2-3,7-8H2,1H3/b14-11+;. The van der Waals surface area contributed by atoms with E-state index in [9.17, 15) is 18.0 Å². The Hall–Kier alpha value is -4.17. The van der Waals surface area contributed by atoms with Gasteiger partial charge in [-0.1, -0.05) is 72.9 Å². The fourth-order valence-corrected chi connectivity index (χ4v) is 5.38. The molecule has 1 aliphatic rings. The fourth-order valence-electron chi connectivity index (χ4n) is 4.83. The molecule has 1 saturated heterocycles. The van der Waals surface area contributed by atoms with Crippen LogP contribution in [0.1, 0.15) is 42.1 Å². The van der Waals surface area contributed by atoms with Crippen molar-refractivity contribution in [3.8, 4) is 5.88 Å². The van der Waals surface area contributed by atoms with Crippen molar-refractivity contribution in [1.29, 1.82) is 0 Å². The number of carbonyl (C=O) groups excluding carboxylic acids is 1. The van der Waals surface area contributed by atoms with Crippen LogP contribution in [0, 0.1) is 0 Å². The number of esters is 1. The first-order valence-electron chi connectivity index (χ1n) is 14.7. The summed E-state index contributed by atoms with van der Waals surface area (Å²) in [7, 11) is 2.62. The predicted molar refractivity (Wildman–Crippen MR) is 171 cm³/mol. The van der Waals surface area contributed by atoms with Crippen LogP contribution in [-0.4, -0.2) is 52.6 Å². The SMILES string of the molecule is CCCC1COC(Cn2cncn2)(c2ccc(Cl)cc2Cl)O1.CO/C=C(/C(=O)OC)c1ccccc1COc1cccc(C(F)(F)F)n1. The minimum absolute atomic E-state index is 0.0419. The number of nitrogens with zero attached hydrogens (tertiary/aromatic N) is 4. The van der Waals surface area contributed by atoms with E-state index < -0.39 is 23.6 Å². The van der Waals surface area contributed by atoms with Crippen LogP contribution in [0.15, 0.2) is 79.6 Å². The number of ether oxygens (including phenoxy) is 5. The number of hydrogen-bond donors (Lipinski definition) is 0. The van der Waals surface area contributed by atoms with Crippen LogP contribution in [0.2, 0.25) is 10.0 Å². The van der Waals surface area contributed by atoms with Crippen LogP contribution in [0.5, 0.6) is 5.88 Å². The van der Waals surface area contributed by atoms with Gasteiger partial charge in [0.2, 0.25) is 11.7 Å². The Morgan fingerprint density at radius 3 is 2.58 bits per heavy atom. The van der Waals surface area contributed by atoms with Crippen molar-refractivity contribution < 1.29 is 41.7 Å². The van der Waals surface area contributed by atoms with Crippen LogP contribution in [-0.2, 0) is 48.9 Å². The summed E-state index contributed by atoms with van der Waals surface area (Å²) in [5, 5.41) is 5.24. The summed E-state index contributed by atoms with van der Waals surface area (Å²) in [5.74, 6) is -1.75. The number of carbonyl (C=O) groups is 1. The molecule has 15 heteroatoms. The third-order valence-electron chi connectivity index (χ3n) is 6.99. The number of rotatable bonds is 11. The Bertz CT molecular complexity index is 1690. The maximum atomic E-state index is 12.7. The number of alkyl halides is 3. The molecule has 2 unspecified atom stereocenters. The van der Waals surface area contributed by atoms with Crippen molar-refractivity contribution in [3.63, 3.8) is 0 Å². The molecule has 0 amide bonds. The van der Waals surface area contributed by atoms with Gasteiger partial charge in [-0.25, -0.2) is 19.4 Å². The van der Waals surface area contributed by atoms with Gasteiger partial charge in [-0.05, 0) is 35.7 Å².